The Hall–Kier alpha value is -1.65. The van der Waals surface area contributed by atoms with Crippen LogP contribution < -0.4 is 10.2 Å². The van der Waals surface area contributed by atoms with Gasteiger partial charge in [0.1, 0.15) is 0 Å². The van der Waals surface area contributed by atoms with Crippen LogP contribution in [0, 0.1) is 6.92 Å². The molecule has 1 aromatic carbocycles. The van der Waals surface area contributed by atoms with Crippen LogP contribution in [-0.4, -0.2) is 24.1 Å². The lowest BCUT2D eigenvalue weighted by molar-refractivity contribution is 0.707. The third-order valence-electron chi connectivity index (χ3n) is 3.68. The van der Waals surface area contributed by atoms with Gasteiger partial charge in [-0.3, -0.25) is 0 Å². The van der Waals surface area contributed by atoms with Crippen LogP contribution in [-0.2, 0) is 6.54 Å². The highest BCUT2D eigenvalue weighted by Gasteiger charge is 2.15. The number of hydrogen-bond donors (Lipinski definition) is 1. The highest BCUT2D eigenvalue weighted by atomic mass is 35.5. The molecule has 2 rings (SSSR count). The minimum absolute atomic E-state index is 0.178. The number of hydrogen-bond acceptors (Lipinski definition) is 4. The molecule has 0 saturated carbocycles. The minimum Gasteiger partial charge on any atom is -0.337 e. The van der Waals surface area contributed by atoms with Crippen LogP contribution in [0.3, 0.4) is 0 Å². The maximum atomic E-state index is 5.94. The van der Waals surface area contributed by atoms with E-state index in [1.54, 1.807) is 0 Å². The van der Waals surface area contributed by atoms with Crippen molar-refractivity contribution in [2.45, 2.75) is 26.4 Å². The maximum Gasteiger partial charge on any atom is 0.225 e. The Kier molecular flexibility index (Phi) is 5.15. The Morgan fingerprint density at radius 2 is 1.95 bits per heavy atom. The molecule has 0 spiro atoms. The first kappa shape index (κ1) is 15.7. The van der Waals surface area contributed by atoms with E-state index in [-0.39, 0.29) is 6.04 Å². The zero-order valence-corrected chi connectivity index (χ0v) is 13.6. The molecular weight excluding hydrogens is 284 g/mol. The van der Waals surface area contributed by atoms with E-state index in [2.05, 4.69) is 27.1 Å². The first-order valence-corrected chi connectivity index (χ1v) is 7.36. The Bertz CT molecular complexity index is 598. The van der Waals surface area contributed by atoms with Gasteiger partial charge in [-0.25, -0.2) is 9.97 Å². The number of benzene rings is 1. The van der Waals surface area contributed by atoms with Gasteiger partial charge in [0.15, 0.2) is 0 Å². The predicted octanol–water partition coefficient (Wildman–Crippen LogP) is 3.36. The number of nitrogens with zero attached hydrogens (tertiary/aromatic N) is 3. The SMILES string of the molecule is CNCc1cnc(N(C)C(C)c2ccc(Cl)cc2)nc1C. The van der Waals surface area contributed by atoms with Gasteiger partial charge in [-0.2, -0.15) is 0 Å². The summed E-state index contributed by atoms with van der Waals surface area (Å²) < 4.78 is 0. The van der Waals surface area contributed by atoms with Gasteiger partial charge < -0.3 is 10.2 Å². The molecule has 0 saturated heterocycles. The van der Waals surface area contributed by atoms with E-state index in [0.717, 1.165) is 28.8 Å². The Morgan fingerprint density at radius 1 is 1.29 bits per heavy atom. The number of rotatable bonds is 5. The summed E-state index contributed by atoms with van der Waals surface area (Å²) in [5, 5.41) is 3.87. The van der Waals surface area contributed by atoms with Crippen molar-refractivity contribution >= 4 is 17.5 Å². The second-order valence-corrected chi connectivity index (χ2v) is 5.59. The van der Waals surface area contributed by atoms with Gasteiger partial charge in [-0.15, -0.1) is 0 Å². The molecule has 0 aliphatic heterocycles. The molecule has 112 valence electrons. The summed E-state index contributed by atoms with van der Waals surface area (Å²) >= 11 is 5.94. The number of anilines is 1. The minimum atomic E-state index is 0.178. The van der Waals surface area contributed by atoms with Crippen LogP contribution in [0.4, 0.5) is 5.95 Å². The summed E-state index contributed by atoms with van der Waals surface area (Å²) in [5.41, 5.74) is 3.31. The quantitative estimate of drug-likeness (QED) is 0.919. The van der Waals surface area contributed by atoms with Crippen molar-refractivity contribution in [3.63, 3.8) is 0 Å². The highest BCUT2D eigenvalue weighted by Crippen LogP contribution is 2.24. The molecule has 0 amide bonds. The lowest BCUT2D eigenvalue weighted by Gasteiger charge is -2.25. The third kappa shape index (κ3) is 3.71. The van der Waals surface area contributed by atoms with Crippen molar-refractivity contribution < 1.29 is 0 Å². The normalized spacial score (nSPS) is 12.2. The van der Waals surface area contributed by atoms with E-state index in [1.165, 1.54) is 5.56 Å². The fraction of sp³-hybridized carbons (Fsp3) is 0.375. The van der Waals surface area contributed by atoms with E-state index in [0.29, 0.717) is 0 Å². The molecule has 0 fully saturated rings. The van der Waals surface area contributed by atoms with Gasteiger partial charge in [0.25, 0.3) is 0 Å². The number of nitrogens with one attached hydrogen (secondary N) is 1. The van der Waals surface area contributed by atoms with Crippen LogP contribution >= 0.6 is 11.6 Å². The second kappa shape index (κ2) is 6.87. The van der Waals surface area contributed by atoms with Crippen LogP contribution in [0.25, 0.3) is 0 Å². The molecule has 1 heterocycles. The Balaban J connectivity index is 2.20. The molecule has 4 nitrogen and oxygen atoms in total. The van der Waals surface area contributed by atoms with Crippen LogP contribution in [0.1, 0.15) is 29.8 Å². The first-order valence-electron chi connectivity index (χ1n) is 6.98. The largest absolute Gasteiger partial charge is 0.337 e. The highest BCUT2D eigenvalue weighted by molar-refractivity contribution is 6.30. The molecule has 1 atom stereocenters. The van der Waals surface area contributed by atoms with Crippen LogP contribution in [0.2, 0.25) is 5.02 Å². The molecule has 21 heavy (non-hydrogen) atoms. The molecule has 0 aliphatic rings. The maximum absolute atomic E-state index is 5.94. The summed E-state index contributed by atoms with van der Waals surface area (Å²) in [4.78, 5) is 11.1. The molecule has 0 bridgehead atoms. The van der Waals surface area contributed by atoms with Crippen molar-refractivity contribution in [3.8, 4) is 0 Å². The summed E-state index contributed by atoms with van der Waals surface area (Å²) in [5.74, 6) is 0.731. The molecule has 0 aliphatic carbocycles. The molecule has 0 radical (unpaired) electrons. The molecular formula is C16H21ClN4. The van der Waals surface area contributed by atoms with Crippen LogP contribution in [0.5, 0.6) is 0 Å². The molecule has 2 aromatic rings. The molecule has 1 unspecified atom stereocenters. The van der Waals surface area contributed by atoms with E-state index in [4.69, 9.17) is 11.6 Å². The summed E-state index contributed by atoms with van der Waals surface area (Å²) in [6, 6.07) is 8.06. The molecule has 1 aromatic heterocycles. The van der Waals surface area contributed by atoms with Crippen molar-refractivity contribution in [1.29, 1.82) is 0 Å². The van der Waals surface area contributed by atoms with Gasteiger partial charge in [0.05, 0.1) is 6.04 Å². The monoisotopic (exact) mass is 304 g/mol. The standard InChI is InChI=1S/C16H21ClN4/c1-11-14(9-18-3)10-19-16(20-11)21(4)12(2)13-5-7-15(17)8-6-13/h5-8,10,12,18H,9H2,1-4H3. The predicted molar refractivity (Wildman–Crippen MR) is 87.8 cm³/mol. The summed E-state index contributed by atoms with van der Waals surface area (Å²) in [6.45, 7) is 4.92. The third-order valence-corrected chi connectivity index (χ3v) is 3.94. The number of aromatic nitrogens is 2. The van der Waals surface area contributed by atoms with E-state index < -0.39 is 0 Å². The van der Waals surface area contributed by atoms with Gasteiger partial charge in [-0.05, 0) is 38.6 Å². The Labute approximate surface area is 131 Å². The first-order chi connectivity index (χ1) is 10.0. The van der Waals surface area contributed by atoms with Crippen molar-refractivity contribution in [2.24, 2.45) is 0 Å². The average molecular weight is 305 g/mol. The average Bonchev–Trinajstić information content (AvgIpc) is 2.49. The zero-order valence-electron chi connectivity index (χ0n) is 12.9. The smallest absolute Gasteiger partial charge is 0.225 e. The number of aryl methyl sites for hydroxylation is 1. The van der Waals surface area contributed by atoms with Crippen molar-refractivity contribution in [3.05, 3.63) is 52.3 Å². The Morgan fingerprint density at radius 3 is 2.52 bits per heavy atom. The van der Waals surface area contributed by atoms with Crippen LogP contribution in [0.15, 0.2) is 30.5 Å². The zero-order chi connectivity index (χ0) is 15.4. The van der Waals surface area contributed by atoms with E-state index >= 15 is 0 Å². The van der Waals surface area contributed by atoms with E-state index in [9.17, 15) is 0 Å². The number of halogens is 1. The van der Waals surface area contributed by atoms with Crippen molar-refractivity contribution in [2.75, 3.05) is 19.0 Å². The lowest BCUT2D eigenvalue weighted by Crippen LogP contribution is -2.24. The summed E-state index contributed by atoms with van der Waals surface area (Å²) in [6.07, 6.45) is 1.89. The van der Waals surface area contributed by atoms with Gasteiger partial charge in [0, 0.05) is 36.1 Å². The van der Waals surface area contributed by atoms with Gasteiger partial charge >= 0.3 is 0 Å². The fourth-order valence-corrected chi connectivity index (χ4v) is 2.28. The summed E-state index contributed by atoms with van der Waals surface area (Å²) in [7, 11) is 3.92. The molecule has 1 N–H and O–H groups in total. The fourth-order valence-electron chi connectivity index (χ4n) is 2.15. The lowest BCUT2D eigenvalue weighted by atomic mass is 10.1. The molecule has 5 heteroatoms. The van der Waals surface area contributed by atoms with E-state index in [1.807, 2.05) is 51.5 Å². The van der Waals surface area contributed by atoms with Gasteiger partial charge in [-0.1, -0.05) is 23.7 Å². The van der Waals surface area contributed by atoms with Gasteiger partial charge in [0.2, 0.25) is 5.95 Å². The second-order valence-electron chi connectivity index (χ2n) is 5.15. The topological polar surface area (TPSA) is 41.1 Å². The van der Waals surface area contributed by atoms with Crippen molar-refractivity contribution in [1.82, 2.24) is 15.3 Å².